The van der Waals surface area contributed by atoms with Gasteiger partial charge in [0.25, 0.3) is 5.69 Å². The average Bonchev–Trinajstić information content (AvgIpc) is 2.48. The van der Waals surface area contributed by atoms with E-state index in [-0.39, 0.29) is 34.6 Å². The first-order valence-corrected chi connectivity index (χ1v) is 8.46. The van der Waals surface area contributed by atoms with Crippen molar-refractivity contribution in [2.45, 2.75) is 44.0 Å². The summed E-state index contributed by atoms with van der Waals surface area (Å²) in [6.07, 6.45) is 3.86. The number of nitro benzene ring substituents is 1. The average molecular weight is 312 g/mol. The summed E-state index contributed by atoms with van der Waals surface area (Å²) >= 11 is 1.62. The highest BCUT2D eigenvalue weighted by Crippen LogP contribution is 2.24. The fourth-order valence-corrected chi connectivity index (χ4v) is 2.99. The number of nitrogens with one attached hydrogen (secondary N) is 1. The molecule has 5 nitrogen and oxygen atoms in total. The molecule has 21 heavy (non-hydrogen) atoms. The van der Waals surface area contributed by atoms with Gasteiger partial charge in [0, 0.05) is 29.5 Å². The molecule has 1 rings (SSSR count). The minimum atomic E-state index is -0.367. The Hall–Kier alpha value is -1.11. The van der Waals surface area contributed by atoms with Crippen LogP contribution in [0.3, 0.4) is 0 Å². The fourth-order valence-electron chi connectivity index (χ4n) is 2.35. The molecule has 118 valence electrons. The largest absolute Gasteiger partial charge is 0.395 e. The van der Waals surface area contributed by atoms with Crippen molar-refractivity contribution in [1.82, 2.24) is 5.32 Å². The summed E-state index contributed by atoms with van der Waals surface area (Å²) in [6.45, 7) is 4.25. The van der Waals surface area contributed by atoms with Crippen molar-refractivity contribution in [1.29, 1.82) is 0 Å². The smallest absolute Gasteiger partial charge is 0.269 e. The molecular weight excluding hydrogens is 288 g/mol. The van der Waals surface area contributed by atoms with Crippen LogP contribution in [0.1, 0.15) is 38.3 Å². The summed E-state index contributed by atoms with van der Waals surface area (Å²) in [5.41, 5.74) is 1.04. The van der Waals surface area contributed by atoms with Crippen molar-refractivity contribution in [2.24, 2.45) is 0 Å². The molecule has 1 aromatic carbocycles. The number of hydrogen-bond donors (Lipinski definition) is 2. The number of nitrogens with zero attached hydrogens (tertiary/aromatic N) is 1. The molecule has 0 aromatic heterocycles. The van der Waals surface area contributed by atoms with Crippen LogP contribution in [0, 0.1) is 10.1 Å². The van der Waals surface area contributed by atoms with Crippen molar-refractivity contribution in [3.8, 4) is 0 Å². The molecule has 0 aliphatic carbocycles. The van der Waals surface area contributed by atoms with E-state index in [0.717, 1.165) is 18.4 Å². The van der Waals surface area contributed by atoms with E-state index in [1.165, 1.54) is 6.07 Å². The van der Waals surface area contributed by atoms with Crippen molar-refractivity contribution in [3.63, 3.8) is 0 Å². The zero-order valence-electron chi connectivity index (χ0n) is 12.8. The van der Waals surface area contributed by atoms with Gasteiger partial charge >= 0.3 is 0 Å². The third-order valence-electron chi connectivity index (χ3n) is 3.57. The second kappa shape index (κ2) is 9.02. The van der Waals surface area contributed by atoms with E-state index in [1.807, 2.05) is 19.2 Å². The normalized spacial score (nSPS) is 15.4. The highest BCUT2D eigenvalue weighted by atomic mass is 32.2. The van der Waals surface area contributed by atoms with Gasteiger partial charge in [0.05, 0.1) is 11.5 Å². The molecule has 0 bridgehead atoms. The zero-order valence-corrected chi connectivity index (χ0v) is 13.6. The molecule has 3 unspecified atom stereocenters. The number of non-ortho nitro benzene ring substituents is 1. The fraction of sp³-hybridized carbons (Fsp3) is 0.600. The van der Waals surface area contributed by atoms with Crippen LogP contribution in [-0.4, -0.2) is 34.2 Å². The Balaban J connectivity index is 2.90. The zero-order chi connectivity index (χ0) is 15.8. The van der Waals surface area contributed by atoms with Crippen LogP contribution in [0.5, 0.6) is 0 Å². The maximum Gasteiger partial charge on any atom is 0.269 e. The van der Waals surface area contributed by atoms with Gasteiger partial charge in [-0.25, -0.2) is 0 Å². The standard InChI is InChI=1S/C15H24N2O3S/c1-4-6-14(16-11(2)15(10-18)21-3)12-7-5-8-13(9-12)17(19)20/h5,7-9,11,14-16,18H,4,6,10H2,1-3H3. The molecule has 2 N–H and O–H groups in total. The Morgan fingerprint density at radius 3 is 2.71 bits per heavy atom. The summed E-state index contributed by atoms with van der Waals surface area (Å²) in [7, 11) is 0. The molecule has 0 aliphatic rings. The first-order chi connectivity index (χ1) is 10.0. The molecule has 3 atom stereocenters. The topological polar surface area (TPSA) is 75.4 Å². The summed E-state index contributed by atoms with van der Waals surface area (Å²) < 4.78 is 0. The highest BCUT2D eigenvalue weighted by molar-refractivity contribution is 7.99. The van der Waals surface area contributed by atoms with Gasteiger partial charge in [-0.15, -0.1) is 0 Å². The molecule has 1 aromatic rings. The van der Waals surface area contributed by atoms with Gasteiger partial charge in [-0.3, -0.25) is 10.1 Å². The number of aliphatic hydroxyl groups excluding tert-OH is 1. The highest BCUT2D eigenvalue weighted by Gasteiger charge is 2.21. The number of hydrogen-bond acceptors (Lipinski definition) is 5. The maximum atomic E-state index is 10.9. The van der Waals surface area contributed by atoms with Gasteiger partial charge < -0.3 is 10.4 Å². The van der Waals surface area contributed by atoms with Gasteiger partial charge in [-0.1, -0.05) is 25.5 Å². The minimum absolute atomic E-state index is 0.0612. The van der Waals surface area contributed by atoms with E-state index in [9.17, 15) is 15.2 Å². The number of thioether (sulfide) groups is 1. The molecule has 6 heteroatoms. The van der Waals surface area contributed by atoms with Crippen LogP contribution in [-0.2, 0) is 0 Å². The quantitative estimate of drug-likeness (QED) is 0.541. The van der Waals surface area contributed by atoms with Gasteiger partial charge in [-0.05, 0) is 25.2 Å². The molecule has 0 fully saturated rings. The van der Waals surface area contributed by atoms with Crippen molar-refractivity contribution < 1.29 is 10.0 Å². The number of benzene rings is 1. The molecular formula is C15H24N2O3S. The van der Waals surface area contributed by atoms with Crippen molar-refractivity contribution in [3.05, 3.63) is 39.9 Å². The summed E-state index contributed by atoms with van der Waals surface area (Å²) in [6, 6.07) is 6.97. The third kappa shape index (κ3) is 5.30. The van der Waals surface area contributed by atoms with E-state index < -0.39 is 0 Å². The van der Waals surface area contributed by atoms with E-state index in [2.05, 4.69) is 12.2 Å². The van der Waals surface area contributed by atoms with Crippen LogP contribution in [0.15, 0.2) is 24.3 Å². The summed E-state index contributed by atoms with van der Waals surface area (Å²) in [5, 5.41) is 23.9. The second-order valence-corrected chi connectivity index (χ2v) is 6.18. The second-order valence-electron chi connectivity index (χ2n) is 5.11. The predicted molar refractivity (Wildman–Crippen MR) is 87.7 cm³/mol. The molecule has 0 amide bonds. The van der Waals surface area contributed by atoms with Crippen LogP contribution in [0.2, 0.25) is 0 Å². The Morgan fingerprint density at radius 1 is 1.48 bits per heavy atom. The molecule has 0 heterocycles. The van der Waals surface area contributed by atoms with Gasteiger partial charge in [0.2, 0.25) is 0 Å². The molecule has 0 radical (unpaired) electrons. The van der Waals surface area contributed by atoms with E-state index >= 15 is 0 Å². The SMILES string of the molecule is CCCC(NC(C)C(CO)SC)c1cccc([N+](=O)[O-])c1. The Labute approximate surface area is 130 Å². The lowest BCUT2D eigenvalue weighted by Gasteiger charge is -2.27. The molecule has 0 spiro atoms. The van der Waals surface area contributed by atoms with E-state index in [1.54, 1.807) is 23.9 Å². The van der Waals surface area contributed by atoms with Crippen LogP contribution >= 0.6 is 11.8 Å². The number of rotatable bonds is 9. The van der Waals surface area contributed by atoms with Crippen molar-refractivity contribution >= 4 is 17.4 Å². The van der Waals surface area contributed by atoms with Crippen LogP contribution in [0.4, 0.5) is 5.69 Å². The number of aliphatic hydroxyl groups is 1. The first-order valence-electron chi connectivity index (χ1n) is 7.17. The Kier molecular flexibility index (Phi) is 7.71. The Bertz CT molecular complexity index is 452. The lowest BCUT2D eigenvalue weighted by atomic mass is 10.0. The lowest BCUT2D eigenvalue weighted by molar-refractivity contribution is -0.384. The molecule has 0 saturated heterocycles. The summed E-state index contributed by atoms with van der Waals surface area (Å²) in [5.74, 6) is 0. The van der Waals surface area contributed by atoms with Crippen molar-refractivity contribution in [2.75, 3.05) is 12.9 Å². The maximum absolute atomic E-state index is 10.9. The molecule has 0 saturated carbocycles. The molecule has 0 aliphatic heterocycles. The predicted octanol–water partition coefficient (Wildman–Crippen LogP) is 3.14. The van der Waals surface area contributed by atoms with Crippen LogP contribution in [0.25, 0.3) is 0 Å². The van der Waals surface area contributed by atoms with Gasteiger partial charge in [0.1, 0.15) is 0 Å². The van der Waals surface area contributed by atoms with Crippen LogP contribution < -0.4 is 5.32 Å². The Morgan fingerprint density at radius 2 is 2.19 bits per heavy atom. The van der Waals surface area contributed by atoms with Gasteiger partial charge in [0.15, 0.2) is 0 Å². The first kappa shape index (κ1) is 17.9. The van der Waals surface area contributed by atoms with Gasteiger partial charge in [-0.2, -0.15) is 11.8 Å². The third-order valence-corrected chi connectivity index (χ3v) is 4.73. The minimum Gasteiger partial charge on any atom is -0.395 e. The monoisotopic (exact) mass is 312 g/mol. The number of nitro groups is 1. The lowest BCUT2D eigenvalue weighted by Crippen LogP contribution is -2.39. The van der Waals surface area contributed by atoms with E-state index in [0.29, 0.717) is 0 Å². The summed E-state index contributed by atoms with van der Waals surface area (Å²) in [4.78, 5) is 10.5. The van der Waals surface area contributed by atoms with E-state index in [4.69, 9.17) is 0 Å².